The van der Waals surface area contributed by atoms with Crippen molar-refractivity contribution in [3.8, 4) is 11.1 Å². The minimum absolute atomic E-state index is 0.525. The fourth-order valence-corrected chi connectivity index (χ4v) is 3.04. The highest BCUT2D eigenvalue weighted by Gasteiger charge is 2.16. The molecule has 0 saturated heterocycles. The summed E-state index contributed by atoms with van der Waals surface area (Å²) >= 11 is 6.20. The summed E-state index contributed by atoms with van der Waals surface area (Å²) in [5.41, 5.74) is 16.2. The summed E-state index contributed by atoms with van der Waals surface area (Å²) in [5.74, 6) is 0. The van der Waals surface area contributed by atoms with E-state index in [1.807, 2.05) is 18.2 Å². The maximum absolute atomic E-state index is 6.20. The van der Waals surface area contributed by atoms with E-state index in [9.17, 15) is 0 Å². The molecule has 0 spiro atoms. The van der Waals surface area contributed by atoms with Crippen molar-refractivity contribution in [2.24, 2.45) is 5.73 Å². The second-order valence-electron chi connectivity index (χ2n) is 5.51. The lowest BCUT2D eigenvalue weighted by atomic mass is 9.85. The summed E-state index contributed by atoms with van der Waals surface area (Å²) in [6.45, 7) is 11.5. The largest absolute Gasteiger partial charge is 0.326 e. The Labute approximate surface area is 126 Å². The maximum atomic E-state index is 6.20. The van der Waals surface area contributed by atoms with Crippen molar-refractivity contribution in [2.45, 2.75) is 41.2 Å². The molecular formula is C18H22ClN. The lowest BCUT2D eigenvalue weighted by Gasteiger charge is -2.21. The molecule has 0 heterocycles. The van der Waals surface area contributed by atoms with Crippen LogP contribution in [0.3, 0.4) is 0 Å². The molecule has 2 heteroatoms. The molecule has 2 rings (SSSR count). The monoisotopic (exact) mass is 287 g/mol. The highest BCUT2D eigenvalue weighted by Crippen LogP contribution is 2.36. The van der Waals surface area contributed by atoms with Crippen LogP contribution in [0.25, 0.3) is 11.1 Å². The Morgan fingerprint density at radius 2 is 1.35 bits per heavy atom. The number of hydrogen-bond acceptors (Lipinski definition) is 1. The lowest BCUT2D eigenvalue weighted by Crippen LogP contribution is -2.04. The molecule has 0 amide bonds. The SMILES string of the molecule is Cc1c(C)c(C)c(-c2cc(Cl)ccc2CN)c(C)c1C. The first-order chi connectivity index (χ1) is 9.38. The standard InChI is InChI=1S/C18H22ClN/c1-10-11(2)13(4)18(14(5)12(10)3)17-8-16(19)7-6-15(17)9-20/h6-8H,9,20H2,1-5H3. The molecule has 0 aliphatic heterocycles. The van der Waals surface area contributed by atoms with Crippen LogP contribution in [0.1, 0.15) is 33.4 Å². The van der Waals surface area contributed by atoms with Crippen LogP contribution in [0.5, 0.6) is 0 Å². The average molecular weight is 288 g/mol. The molecular weight excluding hydrogens is 266 g/mol. The van der Waals surface area contributed by atoms with Gasteiger partial charge in [0.25, 0.3) is 0 Å². The topological polar surface area (TPSA) is 26.0 Å². The van der Waals surface area contributed by atoms with Gasteiger partial charge in [0.05, 0.1) is 0 Å². The van der Waals surface area contributed by atoms with E-state index < -0.39 is 0 Å². The Morgan fingerprint density at radius 3 is 1.85 bits per heavy atom. The summed E-state index contributed by atoms with van der Waals surface area (Å²) in [6.07, 6.45) is 0. The normalized spacial score (nSPS) is 10.9. The molecule has 0 aliphatic carbocycles. The maximum Gasteiger partial charge on any atom is 0.0412 e. The molecule has 2 aromatic rings. The first-order valence-electron chi connectivity index (χ1n) is 6.94. The Hall–Kier alpha value is -1.31. The summed E-state index contributed by atoms with van der Waals surface area (Å²) in [7, 11) is 0. The Bertz CT molecular complexity index is 643. The zero-order valence-electron chi connectivity index (χ0n) is 12.9. The summed E-state index contributed by atoms with van der Waals surface area (Å²) in [5, 5.41) is 0.756. The molecule has 2 aromatic carbocycles. The van der Waals surface area contributed by atoms with Gasteiger partial charge in [-0.1, -0.05) is 17.7 Å². The molecule has 106 valence electrons. The molecule has 0 radical (unpaired) electrons. The van der Waals surface area contributed by atoms with Gasteiger partial charge in [-0.3, -0.25) is 0 Å². The number of nitrogens with two attached hydrogens (primary N) is 1. The van der Waals surface area contributed by atoms with Crippen molar-refractivity contribution in [1.82, 2.24) is 0 Å². The Kier molecular flexibility index (Phi) is 4.22. The van der Waals surface area contributed by atoms with Crippen molar-refractivity contribution in [3.05, 3.63) is 56.6 Å². The Balaban J connectivity index is 2.86. The van der Waals surface area contributed by atoms with Gasteiger partial charge in [0.2, 0.25) is 0 Å². The predicted octanol–water partition coefficient (Wildman–Crippen LogP) is 5.01. The highest BCUT2D eigenvalue weighted by atomic mass is 35.5. The first-order valence-corrected chi connectivity index (χ1v) is 7.32. The fourth-order valence-electron chi connectivity index (χ4n) is 2.86. The van der Waals surface area contributed by atoms with Crippen molar-refractivity contribution >= 4 is 11.6 Å². The molecule has 0 atom stereocenters. The van der Waals surface area contributed by atoms with Crippen molar-refractivity contribution in [3.63, 3.8) is 0 Å². The van der Waals surface area contributed by atoms with E-state index in [4.69, 9.17) is 17.3 Å². The van der Waals surface area contributed by atoms with Crippen LogP contribution >= 0.6 is 11.6 Å². The molecule has 0 fully saturated rings. The van der Waals surface area contributed by atoms with Crippen LogP contribution < -0.4 is 5.73 Å². The molecule has 0 aliphatic rings. The fraction of sp³-hybridized carbons (Fsp3) is 0.333. The van der Waals surface area contributed by atoms with Gasteiger partial charge in [0.15, 0.2) is 0 Å². The summed E-state index contributed by atoms with van der Waals surface area (Å²) in [4.78, 5) is 0. The van der Waals surface area contributed by atoms with Crippen LogP contribution in [0.4, 0.5) is 0 Å². The van der Waals surface area contributed by atoms with Crippen molar-refractivity contribution in [1.29, 1.82) is 0 Å². The number of halogens is 1. The van der Waals surface area contributed by atoms with E-state index in [1.165, 1.54) is 38.9 Å². The third-order valence-electron chi connectivity index (χ3n) is 4.56. The predicted molar refractivity (Wildman–Crippen MR) is 88.5 cm³/mol. The highest BCUT2D eigenvalue weighted by molar-refractivity contribution is 6.30. The molecule has 0 aromatic heterocycles. The minimum atomic E-state index is 0.525. The second-order valence-corrected chi connectivity index (χ2v) is 5.94. The van der Waals surface area contributed by atoms with E-state index in [-0.39, 0.29) is 0 Å². The van der Waals surface area contributed by atoms with E-state index >= 15 is 0 Å². The van der Waals surface area contributed by atoms with E-state index in [0.29, 0.717) is 6.54 Å². The van der Waals surface area contributed by atoms with Crippen LogP contribution in [-0.4, -0.2) is 0 Å². The summed E-state index contributed by atoms with van der Waals surface area (Å²) < 4.78 is 0. The first kappa shape index (κ1) is 15.1. The molecule has 2 N–H and O–H groups in total. The average Bonchev–Trinajstić information content (AvgIpc) is 2.43. The molecule has 0 saturated carbocycles. The van der Waals surface area contributed by atoms with Crippen molar-refractivity contribution < 1.29 is 0 Å². The van der Waals surface area contributed by atoms with E-state index in [0.717, 1.165) is 10.6 Å². The van der Waals surface area contributed by atoms with Gasteiger partial charge in [0, 0.05) is 11.6 Å². The van der Waals surface area contributed by atoms with Gasteiger partial charge in [-0.05, 0) is 91.3 Å². The van der Waals surface area contributed by atoms with Crippen molar-refractivity contribution in [2.75, 3.05) is 0 Å². The number of rotatable bonds is 2. The smallest absolute Gasteiger partial charge is 0.0412 e. The van der Waals surface area contributed by atoms with Gasteiger partial charge in [-0.15, -0.1) is 0 Å². The zero-order valence-corrected chi connectivity index (χ0v) is 13.7. The number of benzene rings is 2. The molecule has 0 bridgehead atoms. The van der Waals surface area contributed by atoms with E-state index in [1.54, 1.807) is 0 Å². The molecule has 1 nitrogen and oxygen atoms in total. The lowest BCUT2D eigenvalue weighted by molar-refractivity contribution is 1.07. The number of hydrogen-bond donors (Lipinski definition) is 1. The van der Waals surface area contributed by atoms with Crippen LogP contribution in [-0.2, 0) is 6.54 Å². The van der Waals surface area contributed by atoms with Gasteiger partial charge < -0.3 is 5.73 Å². The van der Waals surface area contributed by atoms with Crippen LogP contribution in [0.15, 0.2) is 18.2 Å². The third-order valence-corrected chi connectivity index (χ3v) is 4.80. The minimum Gasteiger partial charge on any atom is -0.326 e. The zero-order chi connectivity index (χ0) is 15.0. The van der Waals surface area contributed by atoms with Crippen LogP contribution in [0.2, 0.25) is 5.02 Å². The van der Waals surface area contributed by atoms with E-state index in [2.05, 4.69) is 34.6 Å². The van der Waals surface area contributed by atoms with Gasteiger partial charge in [-0.2, -0.15) is 0 Å². The third kappa shape index (κ3) is 2.36. The van der Waals surface area contributed by atoms with Gasteiger partial charge in [0.1, 0.15) is 0 Å². The van der Waals surface area contributed by atoms with Gasteiger partial charge >= 0.3 is 0 Å². The Morgan fingerprint density at radius 1 is 0.850 bits per heavy atom. The quantitative estimate of drug-likeness (QED) is 0.826. The molecule has 20 heavy (non-hydrogen) atoms. The van der Waals surface area contributed by atoms with Crippen LogP contribution in [0, 0.1) is 34.6 Å². The van der Waals surface area contributed by atoms with Gasteiger partial charge in [-0.25, -0.2) is 0 Å². The second kappa shape index (κ2) is 5.59. The molecule has 0 unspecified atom stereocenters. The summed E-state index contributed by atoms with van der Waals surface area (Å²) in [6, 6.07) is 5.97.